The smallest absolute Gasteiger partial charge is 0.119 e. The molecule has 1 aromatic carbocycles. The van der Waals surface area contributed by atoms with Crippen LogP contribution in [0.3, 0.4) is 0 Å². The van der Waals surface area contributed by atoms with E-state index in [4.69, 9.17) is 4.74 Å². The number of rotatable bonds is 1. The third-order valence-electron chi connectivity index (χ3n) is 2.87. The fraction of sp³-hybridized carbons (Fsp3) is 0.500. The van der Waals surface area contributed by atoms with Crippen LogP contribution in [0.15, 0.2) is 18.2 Å². The molecule has 1 aliphatic rings. The molecule has 0 bridgehead atoms. The molecule has 0 saturated heterocycles. The van der Waals surface area contributed by atoms with E-state index >= 15 is 0 Å². The van der Waals surface area contributed by atoms with Crippen LogP contribution in [-0.4, -0.2) is 7.11 Å². The van der Waals surface area contributed by atoms with Gasteiger partial charge in [-0.25, -0.2) is 0 Å². The molecule has 14 heavy (non-hydrogen) atoms. The number of hydrogen-bond acceptors (Lipinski definition) is 1. The minimum Gasteiger partial charge on any atom is -0.497 e. The average Bonchev–Trinajstić information content (AvgIpc) is 2.17. The monoisotopic (exact) mass is 254 g/mol. The summed E-state index contributed by atoms with van der Waals surface area (Å²) in [6.07, 6.45) is 2.42. The van der Waals surface area contributed by atoms with Crippen LogP contribution < -0.4 is 4.74 Å². The first-order valence-electron chi connectivity index (χ1n) is 5.01. The fourth-order valence-electron chi connectivity index (χ4n) is 2.12. The lowest BCUT2D eigenvalue weighted by Gasteiger charge is -2.26. The van der Waals surface area contributed by atoms with Crippen molar-refractivity contribution in [3.05, 3.63) is 29.3 Å². The second-order valence-corrected chi connectivity index (χ2v) is 5.18. The number of methoxy groups -OCH3 is 1. The lowest BCUT2D eigenvalue weighted by Crippen LogP contribution is -2.13. The standard InChI is InChI=1S/C12H15BrO/c1-8-5-9-3-4-10(14-2)7-11(9)12(13)6-8/h3-4,7-8,12H,5-6H2,1-2H3. The molecule has 0 N–H and O–H groups in total. The van der Waals surface area contributed by atoms with Crippen LogP contribution in [0.1, 0.15) is 29.3 Å². The van der Waals surface area contributed by atoms with E-state index in [1.165, 1.54) is 24.0 Å². The van der Waals surface area contributed by atoms with Crippen LogP contribution in [-0.2, 0) is 6.42 Å². The fourth-order valence-corrected chi connectivity index (χ4v) is 3.18. The Morgan fingerprint density at radius 1 is 1.43 bits per heavy atom. The van der Waals surface area contributed by atoms with Crippen LogP contribution in [0.25, 0.3) is 0 Å². The minimum atomic E-state index is 0.497. The van der Waals surface area contributed by atoms with Gasteiger partial charge in [-0.3, -0.25) is 0 Å². The summed E-state index contributed by atoms with van der Waals surface area (Å²) in [4.78, 5) is 0.497. The van der Waals surface area contributed by atoms with Crippen molar-refractivity contribution in [1.82, 2.24) is 0 Å². The SMILES string of the molecule is COc1ccc2c(c1)C(Br)CC(C)C2. The molecule has 1 aromatic rings. The van der Waals surface area contributed by atoms with Crippen LogP contribution in [0, 0.1) is 5.92 Å². The largest absolute Gasteiger partial charge is 0.497 e. The van der Waals surface area contributed by atoms with E-state index in [1.807, 2.05) is 0 Å². The van der Waals surface area contributed by atoms with Crippen molar-refractivity contribution in [3.63, 3.8) is 0 Å². The lowest BCUT2D eigenvalue weighted by atomic mass is 9.85. The summed E-state index contributed by atoms with van der Waals surface area (Å²) < 4.78 is 5.23. The summed E-state index contributed by atoms with van der Waals surface area (Å²) in [6, 6.07) is 6.40. The lowest BCUT2D eigenvalue weighted by molar-refractivity contribution is 0.412. The normalized spacial score (nSPS) is 25.6. The molecule has 0 aromatic heterocycles. The van der Waals surface area contributed by atoms with Crippen LogP contribution in [0.5, 0.6) is 5.75 Å². The Kier molecular flexibility index (Phi) is 2.82. The Morgan fingerprint density at radius 2 is 2.21 bits per heavy atom. The highest BCUT2D eigenvalue weighted by atomic mass is 79.9. The van der Waals surface area contributed by atoms with E-state index in [2.05, 4.69) is 41.1 Å². The van der Waals surface area contributed by atoms with E-state index in [1.54, 1.807) is 7.11 Å². The highest BCUT2D eigenvalue weighted by Gasteiger charge is 2.22. The second kappa shape index (κ2) is 3.93. The zero-order chi connectivity index (χ0) is 10.1. The Balaban J connectivity index is 2.39. The molecular weight excluding hydrogens is 240 g/mol. The first kappa shape index (κ1) is 10.0. The molecule has 0 spiro atoms. The molecule has 2 atom stereocenters. The Morgan fingerprint density at radius 3 is 2.93 bits per heavy atom. The zero-order valence-electron chi connectivity index (χ0n) is 8.59. The van der Waals surface area contributed by atoms with E-state index < -0.39 is 0 Å². The molecule has 0 heterocycles. The predicted molar refractivity (Wildman–Crippen MR) is 62.1 cm³/mol. The molecule has 2 heteroatoms. The van der Waals surface area contributed by atoms with Crippen molar-refractivity contribution in [1.29, 1.82) is 0 Å². The summed E-state index contributed by atoms with van der Waals surface area (Å²) in [6.45, 7) is 2.31. The number of halogens is 1. The summed E-state index contributed by atoms with van der Waals surface area (Å²) >= 11 is 3.74. The quantitative estimate of drug-likeness (QED) is 0.695. The third kappa shape index (κ3) is 1.81. The van der Waals surface area contributed by atoms with Crippen molar-refractivity contribution < 1.29 is 4.74 Å². The van der Waals surface area contributed by atoms with E-state index in [-0.39, 0.29) is 0 Å². The topological polar surface area (TPSA) is 9.23 Å². The van der Waals surface area contributed by atoms with Crippen LogP contribution >= 0.6 is 15.9 Å². The molecule has 1 nitrogen and oxygen atoms in total. The van der Waals surface area contributed by atoms with Gasteiger partial charge in [0.1, 0.15) is 5.75 Å². The Bertz CT molecular complexity index is 335. The Labute approximate surface area is 93.6 Å². The highest BCUT2D eigenvalue weighted by Crippen LogP contribution is 2.40. The van der Waals surface area contributed by atoms with Gasteiger partial charge in [0, 0.05) is 4.83 Å². The van der Waals surface area contributed by atoms with Gasteiger partial charge < -0.3 is 4.74 Å². The van der Waals surface area contributed by atoms with Gasteiger partial charge in [0.2, 0.25) is 0 Å². The van der Waals surface area contributed by atoms with Gasteiger partial charge in [0.25, 0.3) is 0 Å². The molecule has 76 valence electrons. The molecule has 0 amide bonds. The number of ether oxygens (including phenoxy) is 1. The number of alkyl halides is 1. The third-order valence-corrected chi connectivity index (χ3v) is 3.74. The van der Waals surface area contributed by atoms with Crippen molar-refractivity contribution in [2.45, 2.75) is 24.6 Å². The summed E-state index contributed by atoms with van der Waals surface area (Å²) in [5.41, 5.74) is 2.87. The van der Waals surface area contributed by atoms with Gasteiger partial charge in [0.05, 0.1) is 7.11 Å². The highest BCUT2D eigenvalue weighted by molar-refractivity contribution is 9.09. The van der Waals surface area contributed by atoms with Gasteiger partial charge >= 0.3 is 0 Å². The maximum Gasteiger partial charge on any atom is 0.119 e. The minimum absolute atomic E-state index is 0.497. The number of benzene rings is 1. The molecule has 0 fully saturated rings. The molecule has 2 rings (SSSR count). The number of hydrogen-bond donors (Lipinski definition) is 0. The molecule has 2 unspecified atom stereocenters. The molecular formula is C12H15BrO. The zero-order valence-corrected chi connectivity index (χ0v) is 10.2. The first-order valence-corrected chi connectivity index (χ1v) is 5.93. The Hall–Kier alpha value is -0.500. The van der Waals surface area contributed by atoms with Gasteiger partial charge in [-0.15, -0.1) is 0 Å². The van der Waals surface area contributed by atoms with E-state index in [9.17, 15) is 0 Å². The van der Waals surface area contributed by atoms with Crippen LogP contribution in [0.2, 0.25) is 0 Å². The molecule has 1 aliphatic carbocycles. The van der Waals surface area contributed by atoms with Crippen molar-refractivity contribution in [3.8, 4) is 5.75 Å². The summed E-state index contributed by atoms with van der Waals surface area (Å²) in [5.74, 6) is 1.74. The molecule has 0 radical (unpaired) electrons. The van der Waals surface area contributed by atoms with Crippen LogP contribution in [0.4, 0.5) is 0 Å². The predicted octanol–water partition coefficient (Wildman–Crippen LogP) is 3.71. The second-order valence-electron chi connectivity index (χ2n) is 4.08. The first-order chi connectivity index (χ1) is 6.70. The maximum absolute atomic E-state index is 5.23. The molecule has 0 aliphatic heterocycles. The summed E-state index contributed by atoms with van der Waals surface area (Å²) in [5, 5.41) is 0. The van der Waals surface area contributed by atoms with Gasteiger partial charge in [-0.2, -0.15) is 0 Å². The van der Waals surface area contributed by atoms with Gasteiger partial charge in [-0.1, -0.05) is 28.9 Å². The number of fused-ring (bicyclic) bond motifs is 1. The average molecular weight is 255 g/mol. The van der Waals surface area contributed by atoms with Crippen molar-refractivity contribution in [2.75, 3.05) is 7.11 Å². The van der Waals surface area contributed by atoms with Crippen molar-refractivity contribution in [2.24, 2.45) is 5.92 Å². The van der Waals surface area contributed by atoms with Gasteiger partial charge in [-0.05, 0) is 42.0 Å². The van der Waals surface area contributed by atoms with E-state index in [0.29, 0.717) is 4.83 Å². The summed E-state index contributed by atoms with van der Waals surface area (Å²) in [7, 11) is 1.72. The molecule has 0 saturated carbocycles. The van der Waals surface area contributed by atoms with Gasteiger partial charge in [0.15, 0.2) is 0 Å². The van der Waals surface area contributed by atoms with E-state index in [0.717, 1.165) is 11.7 Å². The van der Waals surface area contributed by atoms with Crippen molar-refractivity contribution >= 4 is 15.9 Å². The maximum atomic E-state index is 5.23.